The molecular weight excluding hydrogens is 234 g/mol. The lowest BCUT2D eigenvalue weighted by Crippen LogP contribution is -2.26. The van der Waals surface area contributed by atoms with Crippen molar-refractivity contribution in [3.8, 4) is 0 Å². The first-order chi connectivity index (χ1) is 9.31. The maximum Gasteiger partial charge on any atom is 0.0547 e. The van der Waals surface area contributed by atoms with Gasteiger partial charge in [-0.3, -0.25) is 0 Å². The number of benzene rings is 1. The standard InChI is InChI=1S/C17H27NO/c1-3-10-18-11-16(13-19-12-15-8-9-15)17-7-5-4-6-14(17)2/h4-7,15-16,18H,3,8-13H2,1-2H3. The monoisotopic (exact) mass is 261 g/mol. The van der Waals surface area contributed by atoms with Gasteiger partial charge in [0.1, 0.15) is 0 Å². The molecule has 0 amide bonds. The summed E-state index contributed by atoms with van der Waals surface area (Å²) < 4.78 is 5.92. The molecule has 0 saturated heterocycles. The first kappa shape index (κ1) is 14.5. The topological polar surface area (TPSA) is 21.3 Å². The van der Waals surface area contributed by atoms with Crippen LogP contribution in [0.5, 0.6) is 0 Å². The molecule has 0 bridgehead atoms. The van der Waals surface area contributed by atoms with Crippen LogP contribution in [0.15, 0.2) is 24.3 Å². The van der Waals surface area contributed by atoms with E-state index in [0.717, 1.165) is 32.2 Å². The van der Waals surface area contributed by atoms with Crippen LogP contribution in [-0.4, -0.2) is 26.3 Å². The second-order valence-electron chi connectivity index (χ2n) is 5.74. The molecule has 0 radical (unpaired) electrons. The summed E-state index contributed by atoms with van der Waals surface area (Å²) >= 11 is 0. The van der Waals surface area contributed by atoms with Crippen molar-refractivity contribution in [2.24, 2.45) is 5.92 Å². The van der Waals surface area contributed by atoms with Crippen LogP contribution < -0.4 is 5.32 Å². The molecule has 1 saturated carbocycles. The Balaban J connectivity index is 1.89. The molecule has 1 unspecified atom stereocenters. The van der Waals surface area contributed by atoms with E-state index in [0.29, 0.717) is 5.92 Å². The summed E-state index contributed by atoms with van der Waals surface area (Å²) in [4.78, 5) is 0. The van der Waals surface area contributed by atoms with Crippen LogP contribution in [0.25, 0.3) is 0 Å². The van der Waals surface area contributed by atoms with Crippen molar-refractivity contribution in [3.05, 3.63) is 35.4 Å². The number of aryl methyl sites for hydroxylation is 1. The van der Waals surface area contributed by atoms with Gasteiger partial charge in [0, 0.05) is 19.1 Å². The summed E-state index contributed by atoms with van der Waals surface area (Å²) in [5.74, 6) is 1.33. The summed E-state index contributed by atoms with van der Waals surface area (Å²) in [6, 6.07) is 8.69. The molecule has 1 aliphatic rings. The minimum absolute atomic E-state index is 0.478. The summed E-state index contributed by atoms with van der Waals surface area (Å²) in [6.07, 6.45) is 3.91. The van der Waals surface area contributed by atoms with Gasteiger partial charge in [0.2, 0.25) is 0 Å². The second kappa shape index (κ2) is 7.66. The molecule has 106 valence electrons. The maximum atomic E-state index is 5.92. The Kier molecular flexibility index (Phi) is 5.87. The fraction of sp³-hybridized carbons (Fsp3) is 0.647. The summed E-state index contributed by atoms with van der Waals surface area (Å²) in [5, 5.41) is 3.53. The van der Waals surface area contributed by atoms with E-state index in [1.165, 1.54) is 30.4 Å². The Labute approximate surface area is 117 Å². The lowest BCUT2D eigenvalue weighted by atomic mass is 9.95. The normalized spacial score (nSPS) is 16.5. The van der Waals surface area contributed by atoms with Crippen LogP contribution in [0.1, 0.15) is 43.2 Å². The third-order valence-electron chi connectivity index (χ3n) is 3.82. The first-order valence-corrected chi connectivity index (χ1v) is 7.65. The molecule has 1 aliphatic carbocycles. The van der Waals surface area contributed by atoms with E-state index in [-0.39, 0.29) is 0 Å². The predicted octanol–water partition coefficient (Wildman–Crippen LogP) is 3.50. The van der Waals surface area contributed by atoms with Crippen molar-refractivity contribution < 1.29 is 4.74 Å². The highest BCUT2D eigenvalue weighted by Gasteiger charge is 2.22. The SMILES string of the molecule is CCCNCC(COCC1CC1)c1ccccc1C. The van der Waals surface area contributed by atoms with Crippen molar-refractivity contribution in [3.63, 3.8) is 0 Å². The molecule has 0 aliphatic heterocycles. The molecule has 0 aromatic heterocycles. The first-order valence-electron chi connectivity index (χ1n) is 7.65. The maximum absolute atomic E-state index is 5.92. The van der Waals surface area contributed by atoms with Gasteiger partial charge in [-0.2, -0.15) is 0 Å². The van der Waals surface area contributed by atoms with Crippen LogP contribution >= 0.6 is 0 Å². The minimum Gasteiger partial charge on any atom is -0.380 e. The van der Waals surface area contributed by atoms with Gasteiger partial charge in [0.05, 0.1) is 6.61 Å². The Morgan fingerprint density at radius 1 is 1.32 bits per heavy atom. The molecule has 1 N–H and O–H groups in total. The molecular formula is C17H27NO. The van der Waals surface area contributed by atoms with Gasteiger partial charge in [-0.15, -0.1) is 0 Å². The third kappa shape index (κ3) is 4.96. The molecule has 2 heteroatoms. The average Bonchev–Trinajstić information content (AvgIpc) is 3.22. The van der Waals surface area contributed by atoms with E-state index < -0.39 is 0 Å². The number of hydrogen-bond donors (Lipinski definition) is 1. The molecule has 0 spiro atoms. The van der Waals surface area contributed by atoms with E-state index in [1.54, 1.807) is 0 Å². The van der Waals surface area contributed by atoms with Crippen LogP contribution in [-0.2, 0) is 4.74 Å². The zero-order valence-corrected chi connectivity index (χ0v) is 12.3. The number of rotatable bonds is 9. The predicted molar refractivity (Wildman–Crippen MR) is 80.6 cm³/mol. The van der Waals surface area contributed by atoms with Crippen LogP contribution in [0.3, 0.4) is 0 Å². The van der Waals surface area contributed by atoms with Gasteiger partial charge in [-0.1, -0.05) is 31.2 Å². The smallest absolute Gasteiger partial charge is 0.0547 e. The fourth-order valence-electron chi connectivity index (χ4n) is 2.42. The quantitative estimate of drug-likeness (QED) is 0.687. The molecule has 2 rings (SSSR count). The fourth-order valence-corrected chi connectivity index (χ4v) is 2.42. The van der Waals surface area contributed by atoms with E-state index in [9.17, 15) is 0 Å². The van der Waals surface area contributed by atoms with Gasteiger partial charge in [-0.05, 0) is 49.8 Å². The lowest BCUT2D eigenvalue weighted by molar-refractivity contribution is 0.110. The van der Waals surface area contributed by atoms with Crippen LogP contribution in [0.2, 0.25) is 0 Å². The van der Waals surface area contributed by atoms with E-state index in [2.05, 4.69) is 43.4 Å². The molecule has 1 aromatic carbocycles. The third-order valence-corrected chi connectivity index (χ3v) is 3.82. The van der Waals surface area contributed by atoms with Crippen LogP contribution in [0.4, 0.5) is 0 Å². The van der Waals surface area contributed by atoms with Crippen molar-refractivity contribution in [2.75, 3.05) is 26.3 Å². The highest BCUT2D eigenvalue weighted by molar-refractivity contribution is 5.29. The largest absolute Gasteiger partial charge is 0.380 e. The minimum atomic E-state index is 0.478. The Hall–Kier alpha value is -0.860. The second-order valence-corrected chi connectivity index (χ2v) is 5.74. The van der Waals surface area contributed by atoms with Gasteiger partial charge in [-0.25, -0.2) is 0 Å². The van der Waals surface area contributed by atoms with Crippen molar-refractivity contribution in [2.45, 2.75) is 39.0 Å². The summed E-state index contributed by atoms with van der Waals surface area (Å²) in [7, 11) is 0. The molecule has 1 fully saturated rings. The molecule has 1 atom stereocenters. The number of nitrogens with one attached hydrogen (secondary N) is 1. The summed E-state index contributed by atoms with van der Waals surface area (Å²) in [5.41, 5.74) is 2.81. The molecule has 19 heavy (non-hydrogen) atoms. The molecule has 1 aromatic rings. The zero-order valence-electron chi connectivity index (χ0n) is 12.3. The van der Waals surface area contributed by atoms with Crippen molar-refractivity contribution in [1.29, 1.82) is 0 Å². The lowest BCUT2D eigenvalue weighted by Gasteiger charge is -2.20. The highest BCUT2D eigenvalue weighted by atomic mass is 16.5. The van der Waals surface area contributed by atoms with Crippen LogP contribution in [0, 0.1) is 12.8 Å². The van der Waals surface area contributed by atoms with Gasteiger partial charge in [0.25, 0.3) is 0 Å². The van der Waals surface area contributed by atoms with E-state index in [1.807, 2.05) is 0 Å². The number of hydrogen-bond acceptors (Lipinski definition) is 2. The Morgan fingerprint density at radius 3 is 2.79 bits per heavy atom. The Bertz CT molecular complexity index is 373. The van der Waals surface area contributed by atoms with Crippen molar-refractivity contribution in [1.82, 2.24) is 5.32 Å². The van der Waals surface area contributed by atoms with Crippen molar-refractivity contribution >= 4 is 0 Å². The van der Waals surface area contributed by atoms with E-state index >= 15 is 0 Å². The molecule has 2 nitrogen and oxygen atoms in total. The number of ether oxygens (including phenoxy) is 1. The highest BCUT2D eigenvalue weighted by Crippen LogP contribution is 2.29. The zero-order chi connectivity index (χ0) is 13.5. The summed E-state index contributed by atoms with van der Waals surface area (Å²) in [6.45, 7) is 8.31. The Morgan fingerprint density at radius 2 is 2.11 bits per heavy atom. The molecule has 0 heterocycles. The van der Waals surface area contributed by atoms with Gasteiger partial charge in [0.15, 0.2) is 0 Å². The van der Waals surface area contributed by atoms with Gasteiger partial charge < -0.3 is 10.1 Å². The van der Waals surface area contributed by atoms with Gasteiger partial charge >= 0.3 is 0 Å². The average molecular weight is 261 g/mol. The van der Waals surface area contributed by atoms with E-state index in [4.69, 9.17) is 4.74 Å².